The molecule has 1 aromatic heterocycles. The molecular formula is C20H18FN2NaO3. The van der Waals surface area contributed by atoms with Crippen molar-refractivity contribution >= 4 is 5.97 Å². The molecule has 0 saturated heterocycles. The van der Waals surface area contributed by atoms with Crippen molar-refractivity contribution in [3.63, 3.8) is 0 Å². The average molecular weight is 376 g/mol. The molecule has 2 heterocycles. The second kappa shape index (κ2) is 7.84. The molecule has 4 rings (SSSR count). The Morgan fingerprint density at radius 3 is 2.74 bits per heavy atom. The Kier molecular flexibility index (Phi) is 5.69. The fourth-order valence-corrected chi connectivity index (χ4v) is 3.28. The quantitative estimate of drug-likeness (QED) is 0.676. The second-order valence-electron chi connectivity index (χ2n) is 6.41. The first-order valence-corrected chi connectivity index (χ1v) is 8.30. The van der Waals surface area contributed by atoms with Crippen molar-refractivity contribution < 1.29 is 50.0 Å². The molecule has 0 unspecified atom stereocenters. The molecule has 7 heteroatoms. The summed E-state index contributed by atoms with van der Waals surface area (Å²) in [7, 11) is 1.92. The monoisotopic (exact) mass is 376 g/mol. The molecule has 0 bridgehead atoms. The fraction of sp³-hybridized carbons (Fsp3) is 0.200. The molecule has 0 radical (unpaired) electrons. The van der Waals surface area contributed by atoms with E-state index in [1.165, 1.54) is 6.07 Å². The van der Waals surface area contributed by atoms with Crippen molar-refractivity contribution in [2.45, 2.75) is 12.8 Å². The third-order valence-corrected chi connectivity index (χ3v) is 4.56. The third-order valence-electron chi connectivity index (χ3n) is 4.56. The maximum atomic E-state index is 14.3. The third kappa shape index (κ3) is 3.78. The van der Waals surface area contributed by atoms with Gasteiger partial charge in [0.2, 0.25) is 0 Å². The zero-order valence-electron chi connectivity index (χ0n) is 16.2. The Balaban J connectivity index is 0.00000140. The van der Waals surface area contributed by atoms with Crippen LogP contribution in [0.3, 0.4) is 0 Å². The maximum absolute atomic E-state index is 14.3. The number of aromatic carboxylic acids is 1. The molecule has 5 nitrogen and oxygen atoms in total. The second-order valence-corrected chi connectivity index (χ2v) is 6.41. The Morgan fingerprint density at radius 2 is 2.11 bits per heavy atom. The SMILES string of the molecule is Cn1cnc(-c2ccc(Cc3cc(C(=O)O)c(F)c4c3OCC4)cc2)c1.[H-].[Na+]. The van der Waals surface area contributed by atoms with E-state index >= 15 is 0 Å². The molecule has 1 aliphatic rings. The van der Waals surface area contributed by atoms with E-state index < -0.39 is 11.8 Å². The minimum Gasteiger partial charge on any atom is -1.00 e. The van der Waals surface area contributed by atoms with Crippen LogP contribution in [-0.4, -0.2) is 27.2 Å². The van der Waals surface area contributed by atoms with Gasteiger partial charge < -0.3 is 15.8 Å². The van der Waals surface area contributed by atoms with E-state index in [1.54, 1.807) is 6.33 Å². The van der Waals surface area contributed by atoms with Crippen LogP contribution < -0.4 is 34.3 Å². The largest absolute Gasteiger partial charge is 1.00 e. The summed E-state index contributed by atoms with van der Waals surface area (Å²) in [5.74, 6) is -1.45. The van der Waals surface area contributed by atoms with E-state index in [2.05, 4.69) is 4.98 Å². The molecule has 0 fully saturated rings. The molecule has 134 valence electrons. The predicted octanol–water partition coefficient (Wildman–Crippen LogP) is 0.567. The first-order valence-electron chi connectivity index (χ1n) is 8.30. The van der Waals surface area contributed by atoms with Crippen LogP contribution in [0.2, 0.25) is 0 Å². The van der Waals surface area contributed by atoms with Gasteiger partial charge in [-0.2, -0.15) is 0 Å². The number of fused-ring (bicyclic) bond motifs is 1. The van der Waals surface area contributed by atoms with Gasteiger partial charge in [-0.05, 0) is 17.2 Å². The van der Waals surface area contributed by atoms with E-state index in [1.807, 2.05) is 42.1 Å². The Labute approximate surface area is 179 Å². The first-order chi connectivity index (χ1) is 12.5. The van der Waals surface area contributed by atoms with Crippen molar-refractivity contribution in [1.82, 2.24) is 9.55 Å². The number of rotatable bonds is 4. The van der Waals surface area contributed by atoms with E-state index in [9.17, 15) is 14.3 Å². The minimum absolute atomic E-state index is 0. The summed E-state index contributed by atoms with van der Waals surface area (Å²) in [5, 5.41) is 9.26. The number of carbonyl (C=O) groups is 1. The van der Waals surface area contributed by atoms with Gasteiger partial charge in [-0.15, -0.1) is 0 Å². The van der Waals surface area contributed by atoms with Gasteiger partial charge in [0, 0.05) is 37.2 Å². The zero-order valence-corrected chi connectivity index (χ0v) is 17.2. The maximum Gasteiger partial charge on any atom is 1.00 e. The van der Waals surface area contributed by atoms with Crippen molar-refractivity contribution in [2.24, 2.45) is 7.05 Å². The zero-order chi connectivity index (χ0) is 18.3. The minimum atomic E-state index is -1.26. The number of imidazole rings is 1. The van der Waals surface area contributed by atoms with Gasteiger partial charge in [-0.3, -0.25) is 0 Å². The molecule has 3 aromatic rings. The van der Waals surface area contributed by atoms with Crippen LogP contribution in [0.15, 0.2) is 42.9 Å². The number of aryl methyl sites for hydroxylation is 1. The summed E-state index contributed by atoms with van der Waals surface area (Å²) in [6.45, 7) is 0.376. The van der Waals surface area contributed by atoms with Crippen LogP contribution in [0, 0.1) is 5.82 Å². The topological polar surface area (TPSA) is 64.4 Å². The number of carboxylic acids is 1. The number of halogens is 1. The van der Waals surface area contributed by atoms with E-state index in [0.717, 1.165) is 16.8 Å². The summed E-state index contributed by atoms with van der Waals surface area (Å²) in [6, 6.07) is 9.26. The van der Waals surface area contributed by atoms with Gasteiger partial charge in [-0.1, -0.05) is 24.3 Å². The van der Waals surface area contributed by atoms with E-state index in [4.69, 9.17) is 4.74 Å². The fourth-order valence-electron chi connectivity index (χ4n) is 3.28. The molecule has 0 aliphatic carbocycles. The molecule has 1 aliphatic heterocycles. The van der Waals surface area contributed by atoms with Crippen LogP contribution >= 0.6 is 0 Å². The van der Waals surface area contributed by atoms with Gasteiger partial charge in [-0.25, -0.2) is 14.2 Å². The number of nitrogens with zero attached hydrogens (tertiary/aromatic N) is 2. The Bertz CT molecular complexity index is 1010. The summed E-state index contributed by atoms with van der Waals surface area (Å²) in [4.78, 5) is 15.7. The molecule has 0 atom stereocenters. The van der Waals surface area contributed by atoms with Gasteiger partial charge >= 0.3 is 35.5 Å². The average Bonchev–Trinajstić information content (AvgIpc) is 3.27. The van der Waals surface area contributed by atoms with Crippen LogP contribution in [0.5, 0.6) is 5.75 Å². The standard InChI is InChI=1S/C20H17FN2O3.Na.H/c1-23-10-17(22-11-23)13-4-2-12(3-5-13)8-14-9-16(20(24)25)18(21)15-6-7-26-19(14)15;;/h2-5,9-11H,6-8H2,1H3,(H,24,25);;/q;+1;-1. The van der Waals surface area contributed by atoms with Crippen molar-refractivity contribution in [1.29, 1.82) is 0 Å². The Morgan fingerprint density at radius 1 is 1.37 bits per heavy atom. The van der Waals surface area contributed by atoms with Gasteiger partial charge in [0.15, 0.2) is 0 Å². The molecule has 1 N–H and O–H groups in total. The Hall–Kier alpha value is -2.15. The number of aromatic nitrogens is 2. The smallest absolute Gasteiger partial charge is 1.00 e. The van der Waals surface area contributed by atoms with Gasteiger partial charge in [0.25, 0.3) is 0 Å². The summed E-state index contributed by atoms with van der Waals surface area (Å²) < 4.78 is 21.8. The number of benzene rings is 2. The molecule has 0 saturated carbocycles. The van der Waals surface area contributed by atoms with Crippen molar-refractivity contribution in [3.8, 4) is 17.0 Å². The molecule has 0 spiro atoms. The van der Waals surface area contributed by atoms with E-state index in [0.29, 0.717) is 36.3 Å². The molecule has 0 amide bonds. The number of carboxylic acid groups (broad SMARTS) is 1. The predicted molar refractivity (Wildman–Crippen MR) is 95.1 cm³/mol. The van der Waals surface area contributed by atoms with Crippen molar-refractivity contribution in [2.75, 3.05) is 6.61 Å². The first kappa shape index (κ1) is 19.6. The normalized spacial score (nSPS) is 12.2. The van der Waals surface area contributed by atoms with Crippen molar-refractivity contribution in [3.05, 3.63) is 70.9 Å². The van der Waals surface area contributed by atoms with Crippen LogP contribution in [0.1, 0.15) is 28.5 Å². The van der Waals surface area contributed by atoms with Crippen LogP contribution in [0.4, 0.5) is 4.39 Å². The summed E-state index contributed by atoms with van der Waals surface area (Å²) in [6.07, 6.45) is 4.56. The van der Waals surface area contributed by atoms with Crippen LogP contribution in [-0.2, 0) is 19.9 Å². The summed E-state index contributed by atoms with van der Waals surface area (Å²) >= 11 is 0. The van der Waals surface area contributed by atoms with E-state index in [-0.39, 0.29) is 36.5 Å². The molecular weight excluding hydrogens is 358 g/mol. The molecule has 2 aromatic carbocycles. The number of ether oxygens (including phenoxy) is 1. The number of hydrogen-bond donors (Lipinski definition) is 1. The molecule has 27 heavy (non-hydrogen) atoms. The van der Waals surface area contributed by atoms with Crippen LogP contribution in [0.25, 0.3) is 11.3 Å². The summed E-state index contributed by atoms with van der Waals surface area (Å²) in [5.41, 5.74) is 3.64. The van der Waals surface area contributed by atoms with Gasteiger partial charge in [0.05, 0.1) is 24.2 Å². The number of hydrogen-bond acceptors (Lipinski definition) is 3. The van der Waals surface area contributed by atoms with Gasteiger partial charge in [0.1, 0.15) is 11.6 Å².